The van der Waals surface area contributed by atoms with E-state index in [-0.39, 0.29) is 12.1 Å². The summed E-state index contributed by atoms with van der Waals surface area (Å²) < 4.78 is 33.7. The van der Waals surface area contributed by atoms with Crippen LogP contribution in [0.5, 0.6) is 0 Å². The maximum atomic E-state index is 12.5. The number of hydrogen-bond donors (Lipinski definition) is 0. The first kappa shape index (κ1) is 16.4. The third-order valence-corrected chi connectivity index (χ3v) is 5.84. The Morgan fingerprint density at radius 2 is 2.06 bits per heavy atom. The van der Waals surface area contributed by atoms with Gasteiger partial charge in [0.2, 0.25) is 0 Å². The fourth-order valence-corrected chi connectivity index (χ4v) is 4.01. The summed E-state index contributed by atoms with van der Waals surface area (Å²) in [6.45, 7) is 8.35. The second-order valence-corrected chi connectivity index (χ2v) is 8.20. The molecule has 1 aliphatic rings. The topological polar surface area (TPSA) is 49.9 Å². The predicted octanol–water partition coefficient (Wildman–Crippen LogP) is 1.45. The molecule has 0 amide bonds. The van der Waals surface area contributed by atoms with Crippen molar-refractivity contribution >= 4 is 26.1 Å². The molecule has 0 N–H and O–H groups in total. The molecule has 5 nitrogen and oxygen atoms in total. The van der Waals surface area contributed by atoms with Gasteiger partial charge in [0.15, 0.2) is 0 Å². The molecule has 18 heavy (non-hydrogen) atoms. The van der Waals surface area contributed by atoms with Crippen molar-refractivity contribution < 1.29 is 13.2 Å². The average Bonchev–Trinajstić information content (AvgIpc) is 2.25. The third kappa shape index (κ3) is 3.66. The van der Waals surface area contributed by atoms with Crippen molar-refractivity contribution in [1.29, 1.82) is 0 Å². The molecule has 0 radical (unpaired) electrons. The second-order valence-electron chi connectivity index (χ2n) is 5.56. The van der Waals surface area contributed by atoms with Gasteiger partial charge in [0, 0.05) is 31.5 Å². The highest BCUT2D eigenvalue weighted by Crippen LogP contribution is 2.25. The zero-order chi connectivity index (χ0) is 14.1. The summed E-state index contributed by atoms with van der Waals surface area (Å²) in [5.41, 5.74) is -0.457. The molecule has 0 aromatic heterocycles. The molecule has 0 bridgehead atoms. The van der Waals surface area contributed by atoms with Crippen LogP contribution < -0.4 is 0 Å². The van der Waals surface area contributed by atoms with Crippen LogP contribution in [0.3, 0.4) is 0 Å². The normalized spacial score (nSPS) is 25.9. The molecule has 1 fully saturated rings. The zero-order valence-corrected chi connectivity index (χ0v) is 14.1. The lowest BCUT2D eigenvalue weighted by atomic mass is 10.1. The van der Waals surface area contributed by atoms with Crippen LogP contribution in [0.1, 0.15) is 27.7 Å². The maximum Gasteiger partial charge on any atom is 0.282 e. The smallest absolute Gasteiger partial charge is 0.282 e. The van der Waals surface area contributed by atoms with Gasteiger partial charge in [0.1, 0.15) is 0 Å². The predicted molar refractivity (Wildman–Crippen MR) is 76.1 cm³/mol. The summed E-state index contributed by atoms with van der Waals surface area (Å²) in [5, 5.41) is 0.633. The van der Waals surface area contributed by atoms with E-state index in [0.717, 1.165) is 0 Å². The van der Waals surface area contributed by atoms with Gasteiger partial charge >= 0.3 is 0 Å². The van der Waals surface area contributed by atoms with E-state index >= 15 is 0 Å². The summed E-state index contributed by atoms with van der Waals surface area (Å²) in [5.74, 6) is 0. The third-order valence-electron chi connectivity index (χ3n) is 3.04. The highest BCUT2D eigenvalue weighted by atomic mass is 79.9. The van der Waals surface area contributed by atoms with Gasteiger partial charge in [-0.3, -0.25) is 0 Å². The van der Waals surface area contributed by atoms with E-state index in [0.29, 0.717) is 18.4 Å². The Kier molecular flexibility index (Phi) is 5.22. The van der Waals surface area contributed by atoms with Gasteiger partial charge in [-0.2, -0.15) is 17.0 Å². The van der Waals surface area contributed by atoms with Crippen LogP contribution in [0, 0.1) is 0 Å². The molecular weight excluding hydrogens is 320 g/mol. The highest BCUT2D eigenvalue weighted by Gasteiger charge is 2.40. The SMILES string of the molecule is CC(C)N(C)S(=O)(=O)N1CC(CBr)OC(C)(C)C1. The van der Waals surface area contributed by atoms with Crippen LogP contribution in [0.25, 0.3) is 0 Å². The van der Waals surface area contributed by atoms with Crippen LogP contribution in [0.2, 0.25) is 0 Å². The van der Waals surface area contributed by atoms with E-state index in [1.165, 1.54) is 8.61 Å². The van der Waals surface area contributed by atoms with Crippen molar-refractivity contribution in [3.05, 3.63) is 0 Å². The molecule has 1 heterocycles. The lowest BCUT2D eigenvalue weighted by Gasteiger charge is -2.43. The first-order valence-electron chi connectivity index (χ1n) is 6.07. The molecule has 108 valence electrons. The van der Waals surface area contributed by atoms with Crippen molar-refractivity contribution in [2.75, 3.05) is 25.5 Å². The van der Waals surface area contributed by atoms with Gasteiger partial charge in [-0.05, 0) is 27.7 Å². The lowest BCUT2D eigenvalue weighted by Crippen LogP contribution is -2.58. The van der Waals surface area contributed by atoms with Gasteiger partial charge < -0.3 is 4.74 Å². The Labute approximate surface area is 119 Å². The van der Waals surface area contributed by atoms with E-state index in [1.807, 2.05) is 27.7 Å². The first-order chi connectivity index (χ1) is 8.10. The molecule has 1 aliphatic heterocycles. The zero-order valence-electron chi connectivity index (χ0n) is 11.7. The summed E-state index contributed by atoms with van der Waals surface area (Å²) in [4.78, 5) is 0. The van der Waals surface area contributed by atoms with Crippen LogP contribution >= 0.6 is 15.9 Å². The van der Waals surface area contributed by atoms with Gasteiger partial charge in [0.25, 0.3) is 10.2 Å². The number of nitrogens with zero attached hydrogens (tertiary/aromatic N) is 2. The lowest BCUT2D eigenvalue weighted by molar-refractivity contribution is -0.107. The molecular formula is C11H23BrN2O3S. The quantitative estimate of drug-likeness (QED) is 0.726. The van der Waals surface area contributed by atoms with Crippen molar-refractivity contribution in [1.82, 2.24) is 8.61 Å². The van der Waals surface area contributed by atoms with Crippen molar-refractivity contribution in [2.45, 2.75) is 45.4 Å². The first-order valence-corrected chi connectivity index (χ1v) is 8.59. The molecule has 0 aliphatic carbocycles. The van der Waals surface area contributed by atoms with Crippen molar-refractivity contribution in [3.8, 4) is 0 Å². The summed E-state index contributed by atoms with van der Waals surface area (Å²) in [6, 6.07) is -0.0524. The highest BCUT2D eigenvalue weighted by molar-refractivity contribution is 9.09. The van der Waals surface area contributed by atoms with Crippen molar-refractivity contribution in [3.63, 3.8) is 0 Å². The van der Waals surface area contributed by atoms with Gasteiger partial charge in [0.05, 0.1) is 11.7 Å². The van der Waals surface area contributed by atoms with Gasteiger partial charge in [-0.25, -0.2) is 0 Å². The Morgan fingerprint density at radius 3 is 2.50 bits per heavy atom. The monoisotopic (exact) mass is 342 g/mol. The summed E-state index contributed by atoms with van der Waals surface area (Å²) in [6.07, 6.45) is -0.107. The molecule has 0 spiro atoms. The van der Waals surface area contributed by atoms with Crippen molar-refractivity contribution in [2.24, 2.45) is 0 Å². The van der Waals surface area contributed by atoms with Crippen LogP contribution in [0.4, 0.5) is 0 Å². The number of ether oxygens (including phenoxy) is 1. The molecule has 0 saturated carbocycles. The Hall–Kier alpha value is 0.310. The van der Waals surface area contributed by atoms with E-state index in [2.05, 4.69) is 15.9 Å². The molecule has 0 aromatic rings. The van der Waals surface area contributed by atoms with Gasteiger partial charge in [-0.15, -0.1) is 0 Å². The molecule has 0 aromatic carbocycles. The van der Waals surface area contributed by atoms with E-state index in [4.69, 9.17) is 4.74 Å². The minimum absolute atomic E-state index is 0.0524. The molecule has 1 rings (SSSR count). The number of alkyl halides is 1. The fraction of sp³-hybridized carbons (Fsp3) is 1.00. The largest absolute Gasteiger partial charge is 0.369 e. The van der Waals surface area contributed by atoms with E-state index in [9.17, 15) is 8.42 Å². The van der Waals surface area contributed by atoms with Crippen LogP contribution in [-0.4, -0.2) is 60.2 Å². The van der Waals surface area contributed by atoms with Crippen LogP contribution in [-0.2, 0) is 14.9 Å². The molecule has 1 saturated heterocycles. The maximum absolute atomic E-state index is 12.5. The molecule has 7 heteroatoms. The minimum Gasteiger partial charge on any atom is -0.369 e. The minimum atomic E-state index is -3.41. The Morgan fingerprint density at radius 1 is 1.50 bits per heavy atom. The van der Waals surface area contributed by atoms with Crippen LogP contribution in [0.15, 0.2) is 0 Å². The van der Waals surface area contributed by atoms with E-state index in [1.54, 1.807) is 7.05 Å². The average molecular weight is 343 g/mol. The Bertz CT molecular complexity index is 384. The number of halogens is 1. The second kappa shape index (κ2) is 5.75. The summed E-state index contributed by atoms with van der Waals surface area (Å²) >= 11 is 3.36. The number of hydrogen-bond acceptors (Lipinski definition) is 3. The Balaban J connectivity index is 2.94. The standard InChI is InChI=1S/C11H23BrN2O3S/c1-9(2)13(5)18(15,16)14-7-10(6-12)17-11(3,4)8-14/h9-10H,6-8H2,1-5H3. The molecule has 1 atom stereocenters. The van der Waals surface area contributed by atoms with E-state index < -0.39 is 15.8 Å². The fourth-order valence-electron chi connectivity index (χ4n) is 1.95. The summed E-state index contributed by atoms with van der Waals surface area (Å²) in [7, 11) is -1.79. The number of rotatable bonds is 4. The number of morpholine rings is 1. The van der Waals surface area contributed by atoms with Gasteiger partial charge in [-0.1, -0.05) is 15.9 Å². The molecule has 1 unspecified atom stereocenters.